The molecule has 0 unspecified atom stereocenters. The highest BCUT2D eigenvalue weighted by atomic mass is 32.1. The molecule has 2 aromatic heterocycles. The molecule has 3 aromatic rings. The molecular weight excluding hydrogens is 397 g/mol. The van der Waals surface area contributed by atoms with Crippen molar-refractivity contribution >= 4 is 17.3 Å². The van der Waals surface area contributed by atoms with E-state index in [4.69, 9.17) is 9.15 Å². The molecule has 29 heavy (non-hydrogen) atoms. The van der Waals surface area contributed by atoms with Gasteiger partial charge in [-0.1, -0.05) is 25.5 Å². The van der Waals surface area contributed by atoms with Gasteiger partial charge in [-0.15, -0.1) is 11.3 Å². The maximum Gasteiger partial charge on any atom is 0.378 e. The number of benzene rings is 1. The maximum absolute atomic E-state index is 13.1. The number of hydrogen-bond acceptors (Lipinski definition) is 7. The highest BCUT2D eigenvalue weighted by molar-refractivity contribution is 7.15. The molecule has 0 aliphatic carbocycles. The van der Waals surface area contributed by atoms with Crippen molar-refractivity contribution in [1.82, 2.24) is 4.98 Å². The second-order valence-electron chi connectivity index (χ2n) is 6.27. The van der Waals surface area contributed by atoms with E-state index >= 15 is 0 Å². The van der Waals surface area contributed by atoms with Crippen LogP contribution in [0.15, 0.2) is 45.9 Å². The predicted octanol–water partition coefficient (Wildman–Crippen LogP) is 4.46. The third-order valence-corrected chi connectivity index (χ3v) is 5.17. The second-order valence-corrected chi connectivity index (χ2v) is 7.38. The summed E-state index contributed by atoms with van der Waals surface area (Å²) in [7, 11) is 1.20. The van der Waals surface area contributed by atoms with E-state index < -0.39 is 11.4 Å². The van der Waals surface area contributed by atoms with Crippen LogP contribution in [0.1, 0.15) is 40.8 Å². The van der Waals surface area contributed by atoms with Crippen molar-refractivity contribution in [1.29, 1.82) is 0 Å². The van der Waals surface area contributed by atoms with Gasteiger partial charge in [0.05, 0.1) is 19.3 Å². The molecule has 152 valence electrons. The summed E-state index contributed by atoms with van der Waals surface area (Å²) in [4.78, 5) is 30.1. The number of rotatable bonds is 8. The van der Waals surface area contributed by atoms with Gasteiger partial charge in [0, 0.05) is 17.5 Å². The molecule has 8 heteroatoms. The van der Waals surface area contributed by atoms with Gasteiger partial charge in [-0.05, 0) is 24.1 Å². The summed E-state index contributed by atoms with van der Waals surface area (Å²) in [5.74, 6) is -1.51. The van der Waals surface area contributed by atoms with E-state index in [1.54, 1.807) is 18.3 Å². The number of carbonyl (C=O) groups is 1. The van der Waals surface area contributed by atoms with Crippen molar-refractivity contribution in [2.45, 2.75) is 26.2 Å². The summed E-state index contributed by atoms with van der Waals surface area (Å²) in [6.45, 7) is 2.27. The summed E-state index contributed by atoms with van der Waals surface area (Å²) in [6, 6.07) is 6.20. The molecule has 0 atom stereocenters. The Morgan fingerprint density at radius 1 is 1.28 bits per heavy atom. The normalized spacial score (nSPS) is 10.7. The van der Waals surface area contributed by atoms with Gasteiger partial charge in [-0.2, -0.15) is 0 Å². The summed E-state index contributed by atoms with van der Waals surface area (Å²) in [5.41, 5.74) is 0.660. The van der Waals surface area contributed by atoms with Crippen LogP contribution in [0.5, 0.6) is 5.75 Å². The largest absolute Gasteiger partial charge is 0.486 e. The Hall–Kier alpha value is -3.00. The summed E-state index contributed by atoms with van der Waals surface area (Å²) >= 11 is 1.32. The van der Waals surface area contributed by atoms with Gasteiger partial charge >= 0.3 is 5.97 Å². The van der Waals surface area contributed by atoms with Crippen molar-refractivity contribution in [3.05, 3.63) is 69.0 Å². The van der Waals surface area contributed by atoms with E-state index in [1.807, 2.05) is 6.92 Å². The Morgan fingerprint density at radius 3 is 2.72 bits per heavy atom. The Morgan fingerprint density at radius 2 is 2.03 bits per heavy atom. The lowest BCUT2D eigenvalue weighted by Gasteiger charge is -2.09. The van der Waals surface area contributed by atoms with Crippen molar-refractivity contribution in [3.63, 3.8) is 0 Å². The molecule has 0 amide bonds. The fraction of sp³-hybridized carbons (Fsp3) is 0.286. The Labute approximate surface area is 170 Å². The number of methoxy groups -OCH3 is 1. The number of nitrogens with zero attached hydrogens (tertiary/aromatic N) is 1. The van der Waals surface area contributed by atoms with Crippen LogP contribution >= 0.6 is 11.3 Å². The molecule has 0 saturated heterocycles. The molecular formula is C21H20FNO5S. The molecule has 3 rings (SSSR count). The van der Waals surface area contributed by atoms with Gasteiger partial charge in [0.15, 0.2) is 0 Å². The average Bonchev–Trinajstić information content (AvgIpc) is 3.18. The Kier molecular flexibility index (Phi) is 6.77. The van der Waals surface area contributed by atoms with Crippen molar-refractivity contribution in [3.8, 4) is 16.3 Å². The Balaban J connectivity index is 1.91. The molecule has 2 heterocycles. The van der Waals surface area contributed by atoms with E-state index in [0.717, 1.165) is 23.3 Å². The number of halogens is 1. The van der Waals surface area contributed by atoms with Crippen LogP contribution in [0.4, 0.5) is 4.39 Å². The molecule has 6 nitrogen and oxygen atoms in total. The molecule has 0 fully saturated rings. The van der Waals surface area contributed by atoms with Gasteiger partial charge in [0.2, 0.25) is 11.2 Å². The van der Waals surface area contributed by atoms with Gasteiger partial charge in [0.1, 0.15) is 17.1 Å². The van der Waals surface area contributed by atoms with E-state index in [1.165, 1.54) is 36.8 Å². The van der Waals surface area contributed by atoms with Crippen molar-refractivity contribution < 1.29 is 23.1 Å². The minimum Gasteiger partial charge on any atom is -0.486 e. The molecule has 0 spiro atoms. The fourth-order valence-electron chi connectivity index (χ4n) is 2.60. The first-order chi connectivity index (χ1) is 14.0. The topological polar surface area (TPSA) is 78.6 Å². The predicted molar refractivity (Wildman–Crippen MR) is 107 cm³/mol. The molecule has 0 saturated carbocycles. The van der Waals surface area contributed by atoms with Gasteiger partial charge in [0.25, 0.3) is 5.76 Å². The van der Waals surface area contributed by atoms with E-state index in [9.17, 15) is 14.0 Å². The van der Waals surface area contributed by atoms with Gasteiger partial charge < -0.3 is 13.9 Å². The zero-order chi connectivity index (χ0) is 20.8. The first-order valence-electron chi connectivity index (χ1n) is 9.10. The number of carbonyl (C=O) groups excluding carboxylic acids is 1. The van der Waals surface area contributed by atoms with Crippen LogP contribution < -0.4 is 10.2 Å². The van der Waals surface area contributed by atoms with Crippen LogP contribution in [-0.2, 0) is 11.2 Å². The molecule has 0 N–H and O–H groups in total. The van der Waals surface area contributed by atoms with Crippen LogP contribution in [0.3, 0.4) is 0 Å². The van der Waals surface area contributed by atoms with Crippen LogP contribution in [0.2, 0.25) is 0 Å². The van der Waals surface area contributed by atoms with Crippen molar-refractivity contribution in [2.75, 3.05) is 13.7 Å². The third kappa shape index (κ3) is 4.89. The first-order valence-corrected chi connectivity index (χ1v) is 9.91. The minimum absolute atomic E-state index is 0.168. The second kappa shape index (κ2) is 9.47. The number of ether oxygens (including phenoxy) is 2. The number of thiazole rings is 1. The lowest BCUT2D eigenvalue weighted by molar-refractivity contribution is 0.0554. The summed E-state index contributed by atoms with van der Waals surface area (Å²) < 4.78 is 28.6. The van der Waals surface area contributed by atoms with Crippen LogP contribution in [-0.4, -0.2) is 24.7 Å². The van der Waals surface area contributed by atoms with Crippen LogP contribution in [0.25, 0.3) is 10.6 Å². The quantitative estimate of drug-likeness (QED) is 0.398. The first kappa shape index (κ1) is 20.7. The highest BCUT2D eigenvalue weighted by Gasteiger charge is 2.24. The van der Waals surface area contributed by atoms with E-state index in [2.05, 4.69) is 9.72 Å². The number of esters is 1. The molecule has 0 aliphatic rings. The zero-order valence-electron chi connectivity index (χ0n) is 16.1. The molecule has 0 bridgehead atoms. The smallest absolute Gasteiger partial charge is 0.378 e. The van der Waals surface area contributed by atoms with Crippen molar-refractivity contribution in [2.24, 2.45) is 0 Å². The van der Waals surface area contributed by atoms with Crippen LogP contribution in [0, 0.1) is 5.82 Å². The molecule has 0 radical (unpaired) electrons. The number of unbranched alkanes of at least 4 members (excludes halogenated alkanes) is 1. The Bertz CT molecular complexity index is 1040. The lowest BCUT2D eigenvalue weighted by atomic mass is 10.1. The zero-order valence-corrected chi connectivity index (χ0v) is 16.9. The SMILES string of the molecule is CCCCOc1c(C(=O)OC)occ(-c2ncc(Cc3ccc(F)cc3)s2)c1=O. The number of hydrogen-bond donors (Lipinski definition) is 0. The van der Waals surface area contributed by atoms with E-state index in [-0.39, 0.29) is 29.5 Å². The summed E-state index contributed by atoms with van der Waals surface area (Å²) in [6.07, 6.45) is 5.01. The van der Waals surface area contributed by atoms with E-state index in [0.29, 0.717) is 11.4 Å². The molecule has 0 aliphatic heterocycles. The number of aromatic nitrogens is 1. The minimum atomic E-state index is -0.781. The molecule has 1 aromatic carbocycles. The average molecular weight is 417 g/mol. The van der Waals surface area contributed by atoms with Gasteiger partial charge in [-0.25, -0.2) is 14.2 Å². The standard InChI is InChI=1S/C21H20FNO5S/c1-3-4-9-27-18-17(24)16(12-28-19(18)21(25)26-2)20-23-11-15(29-20)10-13-5-7-14(22)8-6-13/h5-8,11-12H,3-4,9-10H2,1-2H3. The monoisotopic (exact) mass is 417 g/mol. The third-order valence-electron chi connectivity index (χ3n) is 4.14. The maximum atomic E-state index is 13.1. The summed E-state index contributed by atoms with van der Waals surface area (Å²) in [5, 5.41) is 0.451. The fourth-order valence-corrected chi connectivity index (χ4v) is 3.55. The lowest BCUT2D eigenvalue weighted by Crippen LogP contribution is -2.16. The van der Waals surface area contributed by atoms with Gasteiger partial charge in [-0.3, -0.25) is 4.79 Å². The highest BCUT2D eigenvalue weighted by Crippen LogP contribution is 2.27.